The van der Waals surface area contributed by atoms with Crippen LogP contribution in [0.1, 0.15) is 42.1 Å². The molecule has 1 spiro atoms. The maximum Gasteiger partial charge on any atom is 0.0945 e. The van der Waals surface area contributed by atoms with Crippen LogP contribution in [0.5, 0.6) is 0 Å². The second-order valence-electron chi connectivity index (χ2n) is 7.84. The summed E-state index contributed by atoms with van der Waals surface area (Å²) in [6.07, 6.45) is 7.53. The Hall–Kier alpha value is -1.69. The molecule has 1 atom stereocenters. The molecule has 1 aliphatic heterocycles. The third-order valence-electron chi connectivity index (χ3n) is 6.37. The fraction of sp³-hybridized carbons (Fsp3) is 0.571. The summed E-state index contributed by atoms with van der Waals surface area (Å²) in [5.41, 5.74) is 4.65. The first-order valence-electron chi connectivity index (χ1n) is 9.71. The van der Waals surface area contributed by atoms with Gasteiger partial charge in [-0.1, -0.05) is 24.3 Å². The van der Waals surface area contributed by atoms with Crippen LogP contribution in [-0.4, -0.2) is 47.8 Å². The van der Waals surface area contributed by atoms with E-state index in [1.54, 1.807) is 12.7 Å². The molecule has 2 aromatic rings. The van der Waals surface area contributed by atoms with Gasteiger partial charge in [-0.2, -0.15) is 0 Å². The van der Waals surface area contributed by atoms with Gasteiger partial charge in [0.15, 0.2) is 0 Å². The quantitative estimate of drug-likeness (QED) is 0.866. The second-order valence-corrected chi connectivity index (χ2v) is 7.84. The minimum atomic E-state index is 0.338. The molecule has 2 heterocycles. The van der Waals surface area contributed by atoms with Gasteiger partial charge in [-0.05, 0) is 48.9 Å². The summed E-state index contributed by atoms with van der Waals surface area (Å²) in [6, 6.07) is 9.52. The van der Waals surface area contributed by atoms with Crippen LogP contribution in [0.15, 0.2) is 36.8 Å². The monoisotopic (exact) mass is 354 g/mol. The van der Waals surface area contributed by atoms with Crippen molar-refractivity contribution in [1.82, 2.24) is 19.8 Å². The lowest BCUT2D eigenvalue weighted by atomic mass is 9.73. The van der Waals surface area contributed by atoms with E-state index in [1.807, 2.05) is 12.5 Å². The topological polar surface area (TPSA) is 42.3 Å². The molecule has 1 unspecified atom stereocenters. The van der Waals surface area contributed by atoms with Crippen LogP contribution in [0.4, 0.5) is 0 Å². The van der Waals surface area contributed by atoms with Crippen LogP contribution >= 0.6 is 0 Å². The summed E-state index contributed by atoms with van der Waals surface area (Å²) in [4.78, 5) is 6.78. The van der Waals surface area contributed by atoms with E-state index in [9.17, 15) is 0 Å². The van der Waals surface area contributed by atoms with Crippen molar-refractivity contribution in [2.45, 2.75) is 37.3 Å². The van der Waals surface area contributed by atoms with Crippen molar-refractivity contribution in [3.8, 4) is 0 Å². The maximum atomic E-state index is 5.25. The molecule has 1 N–H and O–H groups in total. The van der Waals surface area contributed by atoms with E-state index >= 15 is 0 Å². The number of imidazole rings is 1. The number of nitrogens with zero attached hydrogens (tertiary/aromatic N) is 3. The number of fused-ring (bicyclic) bond motifs is 2. The van der Waals surface area contributed by atoms with Gasteiger partial charge in [0.25, 0.3) is 0 Å². The van der Waals surface area contributed by atoms with Crippen molar-refractivity contribution in [3.63, 3.8) is 0 Å². The molecular formula is C21H30N4O. The van der Waals surface area contributed by atoms with Crippen molar-refractivity contribution in [2.75, 3.05) is 33.4 Å². The number of aryl methyl sites for hydroxylation is 1. The van der Waals surface area contributed by atoms with Crippen molar-refractivity contribution < 1.29 is 4.74 Å². The zero-order chi connectivity index (χ0) is 18.0. The lowest BCUT2D eigenvalue weighted by molar-refractivity contribution is 0.107. The Kier molecular flexibility index (Phi) is 5.11. The summed E-state index contributed by atoms with van der Waals surface area (Å²) >= 11 is 0. The molecule has 1 aromatic carbocycles. The van der Waals surface area contributed by atoms with Crippen LogP contribution < -0.4 is 5.32 Å². The lowest BCUT2D eigenvalue weighted by Crippen LogP contribution is -2.43. The minimum Gasteiger partial charge on any atom is -0.383 e. The van der Waals surface area contributed by atoms with Crippen LogP contribution in [0.2, 0.25) is 0 Å². The highest BCUT2D eigenvalue weighted by atomic mass is 16.5. The Morgan fingerprint density at radius 3 is 2.81 bits per heavy atom. The largest absolute Gasteiger partial charge is 0.383 e. The molecule has 0 amide bonds. The Labute approximate surface area is 156 Å². The standard InChI is InChI=1S/C21H30N4O/c1-24-16-22-14-17(24)15-23-20-13-21(19-6-4-3-5-18(19)20)7-9-25(10-8-21)11-12-26-2/h3-6,14,16,20,23H,7-13,15H2,1-2H3. The first kappa shape index (κ1) is 17.7. The first-order valence-corrected chi connectivity index (χ1v) is 9.71. The summed E-state index contributed by atoms with van der Waals surface area (Å²) < 4.78 is 7.35. The second kappa shape index (κ2) is 7.51. The minimum absolute atomic E-state index is 0.338. The molecule has 1 aliphatic carbocycles. The smallest absolute Gasteiger partial charge is 0.0945 e. The summed E-state index contributed by atoms with van der Waals surface area (Å²) in [5, 5.41) is 3.80. The molecule has 0 saturated carbocycles. The Bertz CT molecular complexity index is 733. The van der Waals surface area contributed by atoms with Crippen molar-refractivity contribution in [2.24, 2.45) is 7.05 Å². The van der Waals surface area contributed by atoms with Crippen molar-refractivity contribution in [1.29, 1.82) is 0 Å². The van der Waals surface area contributed by atoms with Crippen LogP contribution in [-0.2, 0) is 23.7 Å². The van der Waals surface area contributed by atoms with E-state index in [0.717, 1.165) is 19.7 Å². The van der Waals surface area contributed by atoms with Gasteiger partial charge in [-0.25, -0.2) is 4.98 Å². The van der Waals surface area contributed by atoms with E-state index in [-0.39, 0.29) is 0 Å². The Balaban J connectivity index is 1.47. The SMILES string of the molecule is COCCN1CCC2(CC1)CC(NCc1cncn1C)c1ccccc12. The fourth-order valence-electron chi connectivity index (χ4n) is 4.76. The van der Waals surface area contributed by atoms with E-state index in [0.29, 0.717) is 11.5 Å². The third kappa shape index (κ3) is 3.31. The Morgan fingerprint density at radius 1 is 1.27 bits per heavy atom. The van der Waals surface area contributed by atoms with Gasteiger partial charge < -0.3 is 19.5 Å². The average molecular weight is 354 g/mol. The molecule has 1 aromatic heterocycles. The van der Waals surface area contributed by atoms with Gasteiger partial charge in [-0.15, -0.1) is 0 Å². The van der Waals surface area contributed by atoms with Gasteiger partial charge in [0, 0.05) is 39.5 Å². The van der Waals surface area contributed by atoms with Gasteiger partial charge in [0.05, 0.1) is 18.6 Å². The van der Waals surface area contributed by atoms with Crippen LogP contribution in [0.3, 0.4) is 0 Å². The molecule has 1 fully saturated rings. The summed E-state index contributed by atoms with van der Waals surface area (Å²) in [7, 11) is 3.85. The maximum absolute atomic E-state index is 5.25. The molecule has 5 nitrogen and oxygen atoms in total. The third-order valence-corrected chi connectivity index (χ3v) is 6.37. The number of methoxy groups -OCH3 is 1. The number of hydrogen-bond donors (Lipinski definition) is 1. The number of likely N-dealkylation sites (tertiary alicyclic amines) is 1. The zero-order valence-corrected chi connectivity index (χ0v) is 15.9. The van der Waals surface area contributed by atoms with Gasteiger partial charge in [0.2, 0.25) is 0 Å². The highest BCUT2D eigenvalue weighted by molar-refractivity contribution is 5.42. The molecule has 2 aliphatic rings. The van der Waals surface area contributed by atoms with Crippen molar-refractivity contribution in [3.05, 3.63) is 53.6 Å². The van der Waals surface area contributed by atoms with E-state index in [2.05, 4.69) is 51.1 Å². The number of nitrogens with one attached hydrogen (secondary N) is 1. The molecule has 4 rings (SSSR count). The molecule has 1 saturated heterocycles. The first-order chi connectivity index (χ1) is 12.7. The number of hydrogen-bond acceptors (Lipinski definition) is 4. The normalized spacial score (nSPS) is 22.0. The molecular weight excluding hydrogens is 324 g/mol. The molecule has 140 valence electrons. The van der Waals surface area contributed by atoms with E-state index < -0.39 is 0 Å². The predicted octanol–water partition coefficient (Wildman–Crippen LogP) is 2.63. The number of rotatable bonds is 6. The average Bonchev–Trinajstić information content (AvgIpc) is 3.22. The predicted molar refractivity (Wildman–Crippen MR) is 103 cm³/mol. The zero-order valence-electron chi connectivity index (χ0n) is 15.9. The fourth-order valence-corrected chi connectivity index (χ4v) is 4.76. The van der Waals surface area contributed by atoms with E-state index in [4.69, 9.17) is 4.74 Å². The van der Waals surface area contributed by atoms with Crippen LogP contribution in [0, 0.1) is 0 Å². The van der Waals surface area contributed by atoms with Crippen molar-refractivity contribution >= 4 is 0 Å². The number of piperidine rings is 1. The lowest BCUT2D eigenvalue weighted by Gasteiger charge is -2.40. The molecule has 0 radical (unpaired) electrons. The molecule has 26 heavy (non-hydrogen) atoms. The molecule has 5 heteroatoms. The van der Waals surface area contributed by atoms with Gasteiger partial charge in [-0.3, -0.25) is 0 Å². The van der Waals surface area contributed by atoms with Crippen LogP contribution in [0.25, 0.3) is 0 Å². The number of benzene rings is 1. The molecule has 0 bridgehead atoms. The highest BCUT2D eigenvalue weighted by Crippen LogP contribution is 2.50. The van der Waals surface area contributed by atoms with Gasteiger partial charge in [0.1, 0.15) is 0 Å². The number of aromatic nitrogens is 2. The summed E-state index contributed by atoms with van der Waals surface area (Å²) in [6.45, 7) is 5.10. The highest BCUT2D eigenvalue weighted by Gasteiger charge is 2.44. The van der Waals surface area contributed by atoms with E-state index in [1.165, 1.54) is 43.6 Å². The Morgan fingerprint density at radius 2 is 2.08 bits per heavy atom. The number of ether oxygens (including phenoxy) is 1. The summed E-state index contributed by atoms with van der Waals surface area (Å²) in [5.74, 6) is 0. The van der Waals surface area contributed by atoms with Gasteiger partial charge >= 0.3 is 0 Å².